The third kappa shape index (κ3) is 3.38. The first kappa shape index (κ1) is 12.2. The average Bonchev–Trinajstić information content (AvgIpc) is 2.26. The Labute approximate surface area is 94.5 Å². The van der Waals surface area contributed by atoms with Gasteiger partial charge < -0.3 is 10.0 Å². The van der Waals surface area contributed by atoms with Crippen LogP contribution < -0.4 is 0 Å². The smallest absolute Gasteiger partial charge is 0.305 e. The second-order valence-corrected chi connectivity index (χ2v) is 3.74. The van der Waals surface area contributed by atoms with E-state index in [-0.39, 0.29) is 18.9 Å². The summed E-state index contributed by atoms with van der Waals surface area (Å²) in [5, 5.41) is 8.51. The second kappa shape index (κ2) is 5.30. The molecule has 0 heterocycles. The normalized spacial score (nSPS) is 9.88. The van der Waals surface area contributed by atoms with Gasteiger partial charge in [0.05, 0.1) is 6.42 Å². The first-order chi connectivity index (χ1) is 7.50. The fourth-order valence-electron chi connectivity index (χ4n) is 1.28. The van der Waals surface area contributed by atoms with Crippen LogP contribution >= 0.6 is 0 Å². The van der Waals surface area contributed by atoms with Gasteiger partial charge in [-0.2, -0.15) is 0 Å². The molecule has 0 aliphatic carbocycles. The van der Waals surface area contributed by atoms with Crippen molar-refractivity contribution in [3.05, 3.63) is 35.4 Å². The van der Waals surface area contributed by atoms with Crippen molar-refractivity contribution in [2.45, 2.75) is 13.3 Å². The van der Waals surface area contributed by atoms with Crippen LogP contribution in [0.2, 0.25) is 0 Å². The number of hydrogen-bond acceptors (Lipinski definition) is 2. The summed E-state index contributed by atoms with van der Waals surface area (Å²) in [5.41, 5.74) is 1.67. The molecule has 1 aromatic carbocycles. The summed E-state index contributed by atoms with van der Waals surface area (Å²) in [7, 11) is 1.60. The number of carbonyl (C=O) groups is 2. The maximum atomic E-state index is 11.8. The summed E-state index contributed by atoms with van der Waals surface area (Å²) < 4.78 is 0. The van der Waals surface area contributed by atoms with E-state index in [1.165, 1.54) is 4.90 Å². The van der Waals surface area contributed by atoms with Crippen LogP contribution in [0.1, 0.15) is 22.3 Å². The molecule has 4 nitrogen and oxygen atoms in total. The van der Waals surface area contributed by atoms with Gasteiger partial charge in [-0.3, -0.25) is 9.59 Å². The number of amides is 1. The molecule has 1 N–H and O–H groups in total. The van der Waals surface area contributed by atoms with E-state index in [1.807, 2.05) is 19.1 Å². The Morgan fingerprint density at radius 1 is 1.25 bits per heavy atom. The number of hydrogen-bond donors (Lipinski definition) is 1. The summed E-state index contributed by atoms with van der Waals surface area (Å²) in [6.45, 7) is 2.17. The molecule has 0 aliphatic rings. The number of carboxylic acid groups (broad SMARTS) is 1. The van der Waals surface area contributed by atoms with Crippen molar-refractivity contribution in [3.8, 4) is 0 Å². The van der Waals surface area contributed by atoms with E-state index < -0.39 is 5.97 Å². The van der Waals surface area contributed by atoms with Crippen molar-refractivity contribution in [3.63, 3.8) is 0 Å². The van der Waals surface area contributed by atoms with Crippen molar-refractivity contribution >= 4 is 11.9 Å². The zero-order valence-electron chi connectivity index (χ0n) is 9.43. The van der Waals surface area contributed by atoms with Gasteiger partial charge in [0.25, 0.3) is 5.91 Å². The molecular formula is C12H15NO3. The van der Waals surface area contributed by atoms with Crippen LogP contribution in [0.3, 0.4) is 0 Å². The molecule has 0 atom stereocenters. The Balaban J connectivity index is 2.63. The van der Waals surface area contributed by atoms with Crippen molar-refractivity contribution in [2.75, 3.05) is 13.6 Å². The fourth-order valence-corrected chi connectivity index (χ4v) is 1.28. The number of carboxylic acids is 1. The Morgan fingerprint density at radius 2 is 1.81 bits per heavy atom. The van der Waals surface area contributed by atoms with Crippen molar-refractivity contribution in [1.29, 1.82) is 0 Å². The Morgan fingerprint density at radius 3 is 2.31 bits per heavy atom. The number of rotatable bonds is 4. The number of benzene rings is 1. The van der Waals surface area contributed by atoms with Crippen LogP contribution in [0.25, 0.3) is 0 Å². The SMILES string of the molecule is Cc1ccc(C(=O)N(C)CCC(=O)O)cc1. The minimum absolute atomic E-state index is 0.0336. The van der Waals surface area contributed by atoms with E-state index >= 15 is 0 Å². The maximum absolute atomic E-state index is 11.8. The molecule has 16 heavy (non-hydrogen) atoms. The largest absolute Gasteiger partial charge is 0.481 e. The summed E-state index contributed by atoms with van der Waals surface area (Å²) in [5.74, 6) is -1.05. The molecule has 0 radical (unpaired) electrons. The standard InChI is InChI=1S/C12H15NO3/c1-9-3-5-10(6-4-9)12(16)13(2)8-7-11(14)15/h3-6H,7-8H2,1-2H3,(H,14,15). The van der Waals surface area contributed by atoms with E-state index in [4.69, 9.17) is 5.11 Å². The van der Waals surface area contributed by atoms with Gasteiger partial charge in [0.2, 0.25) is 0 Å². The molecule has 0 bridgehead atoms. The van der Waals surface area contributed by atoms with Crippen LogP contribution in [0.15, 0.2) is 24.3 Å². The van der Waals surface area contributed by atoms with Gasteiger partial charge in [0.15, 0.2) is 0 Å². The molecular weight excluding hydrogens is 206 g/mol. The highest BCUT2D eigenvalue weighted by molar-refractivity contribution is 5.94. The molecule has 0 unspecified atom stereocenters. The number of carbonyl (C=O) groups excluding carboxylic acids is 1. The molecule has 1 amide bonds. The molecule has 0 fully saturated rings. The fraction of sp³-hybridized carbons (Fsp3) is 0.333. The lowest BCUT2D eigenvalue weighted by Crippen LogP contribution is -2.28. The Bertz CT molecular complexity index is 384. The third-order valence-corrected chi connectivity index (χ3v) is 2.31. The van der Waals surface area contributed by atoms with E-state index in [1.54, 1.807) is 19.2 Å². The Hall–Kier alpha value is -1.84. The van der Waals surface area contributed by atoms with Gasteiger partial charge in [-0.05, 0) is 19.1 Å². The van der Waals surface area contributed by atoms with Gasteiger partial charge in [-0.1, -0.05) is 17.7 Å². The monoisotopic (exact) mass is 221 g/mol. The topological polar surface area (TPSA) is 57.6 Å². The zero-order chi connectivity index (χ0) is 12.1. The molecule has 0 saturated carbocycles. The highest BCUT2D eigenvalue weighted by Crippen LogP contribution is 2.06. The van der Waals surface area contributed by atoms with Crippen LogP contribution in [-0.4, -0.2) is 35.5 Å². The number of aliphatic carboxylic acids is 1. The third-order valence-electron chi connectivity index (χ3n) is 2.31. The van der Waals surface area contributed by atoms with Crippen LogP contribution in [0.4, 0.5) is 0 Å². The number of aryl methyl sites for hydroxylation is 1. The first-order valence-electron chi connectivity index (χ1n) is 5.04. The summed E-state index contributed by atoms with van der Waals surface area (Å²) >= 11 is 0. The van der Waals surface area contributed by atoms with Crippen LogP contribution in [-0.2, 0) is 4.79 Å². The molecule has 0 aromatic heterocycles. The zero-order valence-corrected chi connectivity index (χ0v) is 9.43. The van der Waals surface area contributed by atoms with E-state index in [2.05, 4.69) is 0 Å². The molecule has 1 aromatic rings. The highest BCUT2D eigenvalue weighted by Gasteiger charge is 2.11. The minimum atomic E-state index is -0.899. The quantitative estimate of drug-likeness (QED) is 0.839. The van der Waals surface area contributed by atoms with E-state index in [9.17, 15) is 9.59 Å². The molecule has 0 aliphatic heterocycles. The molecule has 0 saturated heterocycles. The summed E-state index contributed by atoms with van der Waals surface area (Å²) in [6.07, 6.45) is -0.0336. The first-order valence-corrected chi connectivity index (χ1v) is 5.04. The second-order valence-electron chi connectivity index (χ2n) is 3.74. The van der Waals surface area contributed by atoms with Gasteiger partial charge >= 0.3 is 5.97 Å². The summed E-state index contributed by atoms with van der Waals surface area (Å²) in [4.78, 5) is 23.6. The molecule has 4 heteroatoms. The van der Waals surface area contributed by atoms with Gasteiger partial charge in [0.1, 0.15) is 0 Å². The van der Waals surface area contributed by atoms with E-state index in [0.717, 1.165) is 5.56 Å². The van der Waals surface area contributed by atoms with Crippen LogP contribution in [0.5, 0.6) is 0 Å². The predicted octanol–water partition coefficient (Wildman–Crippen LogP) is 1.54. The van der Waals surface area contributed by atoms with Crippen molar-refractivity contribution < 1.29 is 14.7 Å². The van der Waals surface area contributed by atoms with Crippen molar-refractivity contribution in [2.24, 2.45) is 0 Å². The lowest BCUT2D eigenvalue weighted by Gasteiger charge is -2.15. The van der Waals surface area contributed by atoms with Crippen LogP contribution in [0, 0.1) is 6.92 Å². The predicted molar refractivity (Wildman–Crippen MR) is 60.4 cm³/mol. The van der Waals surface area contributed by atoms with Gasteiger partial charge in [-0.25, -0.2) is 0 Å². The molecule has 0 spiro atoms. The molecule has 86 valence electrons. The minimum Gasteiger partial charge on any atom is -0.481 e. The Kier molecular flexibility index (Phi) is 4.05. The highest BCUT2D eigenvalue weighted by atomic mass is 16.4. The molecule has 1 rings (SSSR count). The van der Waals surface area contributed by atoms with Crippen molar-refractivity contribution in [1.82, 2.24) is 4.90 Å². The number of nitrogens with zero attached hydrogens (tertiary/aromatic N) is 1. The van der Waals surface area contributed by atoms with E-state index in [0.29, 0.717) is 5.56 Å². The average molecular weight is 221 g/mol. The lowest BCUT2D eigenvalue weighted by molar-refractivity contribution is -0.137. The maximum Gasteiger partial charge on any atom is 0.305 e. The summed E-state index contributed by atoms with van der Waals surface area (Å²) in [6, 6.07) is 7.21. The lowest BCUT2D eigenvalue weighted by atomic mass is 10.1. The van der Waals surface area contributed by atoms with Gasteiger partial charge in [-0.15, -0.1) is 0 Å². The van der Waals surface area contributed by atoms with Gasteiger partial charge in [0, 0.05) is 19.2 Å².